The lowest BCUT2D eigenvalue weighted by molar-refractivity contribution is 0.464. The Labute approximate surface area is 114 Å². The zero-order valence-electron chi connectivity index (χ0n) is 11.8. The number of nitrogens with two attached hydrogens (primary N) is 1. The lowest BCUT2D eigenvalue weighted by Crippen LogP contribution is -2.04. The minimum atomic E-state index is 0.469. The summed E-state index contributed by atoms with van der Waals surface area (Å²) in [7, 11) is 0. The molecule has 2 aromatic rings. The quantitative estimate of drug-likeness (QED) is 0.897. The molecule has 1 aromatic heterocycles. The summed E-state index contributed by atoms with van der Waals surface area (Å²) in [6.07, 6.45) is 3.66. The second-order valence-electron chi connectivity index (χ2n) is 5.21. The molecule has 1 aromatic carbocycles. The normalized spacial score (nSPS) is 11.0. The average molecular weight is 259 g/mol. The van der Waals surface area contributed by atoms with Crippen LogP contribution in [0.1, 0.15) is 25.0 Å². The Hall–Kier alpha value is -1.81. The van der Waals surface area contributed by atoms with Gasteiger partial charge in [0.1, 0.15) is 5.75 Å². The molecule has 102 valence electrons. The third-order valence-electron chi connectivity index (χ3n) is 2.83. The van der Waals surface area contributed by atoms with Gasteiger partial charge >= 0.3 is 0 Å². The Bertz CT molecular complexity index is 546. The van der Waals surface area contributed by atoms with E-state index in [9.17, 15) is 0 Å². The SMILES string of the molecule is Cc1ccc(Oc2cnn(CC(C)C)c2)c(CN)c1. The molecule has 0 saturated carbocycles. The largest absolute Gasteiger partial charge is 0.454 e. The van der Waals surface area contributed by atoms with Crippen molar-refractivity contribution in [3.8, 4) is 11.5 Å². The summed E-state index contributed by atoms with van der Waals surface area (Å²) in [5.74, 6) is 2.11. The van der Waals surface area contributed by atoms with Crippen LogP contribution in [0, 0.1) is 12.8 Å². The van der Waals surface area contributed by atoms with Gasteiger partial charge in [0.25, 0.3) is 0 Å². The molecule has 0 aliphatic heterocycles. The zero-order chi connectivity index (χ0) is 13.8. The number of hydrogen-bond acceptors (Lipinski definition) is 3. The molecule has 19 heavy (non-hydrogen) atoms. The van der Waals surface area contributed by atoms with Crippen LogP contribution >= 0.6 is 0 Å². The highest BCUT2D eigenvalue weighted by atomic mass is 16.5. The van der Waals surface area contributed by atoms with Crippen molar-refractivity contribution in [2.75, 3.05) is 0 Å². The van der Waals surface area contributed by atoms with Gasteiger partial charge in [-0.1, -0.05) is 31.5 Å². The summed E-state index contributed by atoms with van der Waals surface area (Å²) in [6.45, 7) is 7.73. The van der Waals surface area contributed by atoms with E-state index in [4.69, 9.17) is 10.5 Å². The minimum absolute atomic E-state index is 0.469. The van der Waals surface area contributed by atoms with E-state index in [2.05, 4.69) is 18.9 Å². The van der Waals surface area contributed by atoms with Gasteiger partial charge in [-0.15, -0.1) is 0 Å². The molecule has 0 radical (unpaired) electrons. The van der Waals surface area contributed by atoms with Crippen molar-refractivity contribution in [2.45, 2.75) is 33.9 Å². The summed E-state index contributed by atoms with van der Waals surface area (Å²) >= 11 is 0. The zero-order valence-corrected chi connectivity index (χ0v) is 11.8. The summed E-state index contributed by atoms with van der Waals surface area (Å²) in [5.41, 5.74) is 7.94. The van der Waals surface area contributed by atoms with E-state index >= 15 is 0 Å². The first-order valence-corrected chi connectivity index (χ1v) is 6.58. The third-order valence-corrected chi connectivity index (χ3v) is 2.83. The van der Waals surface area contributed by atoms with Crippen LogP contribution in [0.15, 0.2) is 30.6 Å². The maximum atomic E-state index is 5.85. The topological polar surface area (TPSA) is 53.1 Å². The monoisotopic (exact) mass is 259 g/mol. The maximum absolute atomic E-state index is 5.85. The fraction of sp³-hybridized carbons (Fsp3) is 0.400. The van der Waals surface area contributed by atoms with Crippen molar-refractivity contribution in [1.29, 1.82) is 0 Å². The van der Waals surface area contributed by atoms with E-state index in [0.29, 0.717) is 12.5 Å². The molecule has 4 nitrogen and oxygen atoms in total. The lowest BCUT2D eigenvalue weighted by Gasteiger charge is -2.09. The number of hydrogen-bond donors (Lipinski definition) is 1. The molecule has 2 N–H and O–H groups in total. The summed E-state index contributed by atoms with van der Waals surface area (Å²) in [6, 6.07) is 6.03. The maximum Gasteiger partial charge on any atom is 0.165 e. The molecule has 4 heteroatoms. The van der Waals surface area contributed by atoms with E-state index in [1.807, 2.05) is 36.0 Å². The molecule has 0 unspecified atom stereocenters. The van der Waals surface area contributed by atoms with Crippen LogP contribution in [0.4, 0.5) is 0 Å². The van der Waals surface area contributed by atoms with Crippen LogP contribution < -0.4 is 10.5 Å². The van der Waals surface area contributed by atoms with Gasteiger partial charge in [0.2, 0.25) is 0 Å². The molecular formula is C15H21N3O. The van der Waals surface area contributed by atoms with E-state index in [1.165, 1.54) is 5.56 Å². The van der Waals surface area contributed by atoms with E-state index < -0.39 is 0 Å². The Morgan fingerprint density at radius 3 is 2.84 bits per heavy atom. The average Bonchev–Trinajstić information content (AvgIpc) is 2.78. The Kier molecular flexibility index (Phi) is 4.22. The van der Waals surface area contributed by atoms with Gasteiger partial charge in [-0.05, 0) is 18.9 Å². The predicted octanol–water partition coefficient (Wildman–Crippen LogP) is 3.10. The van der Waals surface area contributed by atoms with Crippen LogP contribution in [0.2, 0.25) is 0 Å². The first-order valence-electron chi connectivity index (χ1n) is 6.58. The van der Waals surface area contributed by atoms with Gasteiger partial charge in [0, 0.05) is 18.7 Å². The molecule has 0 saturated heterocycles. The number of aryl methyl sites for hydroxylation is 1. The van der Waals surface area contributed by atoms with Crippen molar-refractivity contribution >= 4 is 0 Å². The highest BCUT2D eigenvalue weighted by Gasteiger charge is 2.06. The molecule has 0 aliphatic rings. The van der Waals surface area contributed by atoms with Gasteiger partial charge in [0.15, 0.2) is 5.75 Å². The summed E-state index contributed by atoms with van der Waals surface area (Å²) in [5, 5.41) is 4.29. The molecule has 0 bridgehead atoms. The van der Waals surface area contributed by atoms with Crippen molar-refractivity contribution in [3.63, 3.8) is 0 Å². The predicted molar refractivity (Wildman–Crippen MR) is 76.2 cm³/mol. The number of rotatable bonds is 5. The van der Waals surface area contributed by atoms with Gasteiger partial charge < -0.3 is 10.5 Å². The first-order chi connectivity index (χ1) is 9.08. The standard InChI is InChI=1S/C15H21N3O/c1-11(2)9-18-10-14(8-17-18)19-15-5-4-12(3)6-13(15)7-16/h4-6,8,10-11H,7,9,16H2,1-3H3. The molecule has 0 fully saturated rings. The molecule has 0 spiro atoms. The first kappa shape index (κ1) is 13.6. The summed E-state index contributed by atoms with van der Waals surface area (Å²) in [4.78, 5) is 0. The smallest absolute Gasteiger partial charge is 0.165 e. The van der Waals surface area contributed by atoms with Gasteiger partial charge in [0.05, 0.1) is 12.4 Å². The Morgan fingerprint density at radius 1 is 1.37 bits per heavy atom. The van der Waals surface area contributed by atoms with Crippen LogP contribution in [0.25, 0.3) is 0 Å². The van der Waals surface area contributed by atoms with Gasteiger partial charge in [-0.2, -0.15) is 5.10 Å². The highest BCUT2D eigenvalue weighted by molar-refractivity contribution is 5.39. The van der Waals surface area contributed by atoms with E-state index in [0.717, 1.165) is 23.6 Å². The van der Waals surface area contributed by atoms with Crippen molar-refractivity contribution in [1.82, 2.24) is 9.78 Å². The van der Waals surface area contributed by atoms with Crippen LogP contribution in [0.5, 0.6) is 11.5 Å². The second-order valence-corrected chi connectivity index (χ2v) is 5.21. The minimum Gasteiger partial charge on any atom is -0.454 e. The van der Waals surface area contributed by atoms with Crippen LogP contribution in [0.3, 0.4) is 0 Å². The van der Waals surface area contributed by atoms with Crippen molar-refractivity contribution < 1.29 is 4.74 Å². The lowest BCUT2D eigenvalue weighted by atomic mass is 10.1. The molecule has 0 aliphatic carbocycles. The van der Waals surface area contributed by atoms with E-state index in [1.54, 1.807) is 6.20 Å². The summed E-state index contributed by atoms with van der Waals surface area (Å²) < 4.78 is 7.75. The fourth-order valence-corrected chi connectivity index (χ4v) is 1.97. The van der Waals surface area contributed by atoms with Gasteiger partial charge in [-0.3, -0.25) is 4.68 Å². The number of ether oxygens (including phenoxy) is 1. The molecule has 1 heterocycles. The molecule has 2 rings (SSSR count). The second kappa shape index (κ2) is 5.89. The third kappa shape index (κ3) is 3.58. The fourth-order valence-electron chi connectivity index (χ4n) is 1.97. The van der Waals surface area contributed by atoms with Gasteiger partial charge in [-0.25, -0.2) is 0 Å². The number of aromatic nitrogens is 2. The molecule has 0 amide bonds. The van der Waals surface area contributed by atoms with Crippen molar-refractivity contribution in [2.24, 2.45) is 11.7 Å². The Balaban J connectivity index is 2.14. The van der Waals surface area contributed by atoms with Crippen molar-refractivity contribution in [3.05, 3.63) is 41.7 Å². The van der Waals surface area contributed by atoms with E-state index in [-0.39, 0.29) is 0 Å². The van der Waals surface area contributed by atoms with Crippen LogP contribution in [-0.4, -0.2) is 9.78 Å². The number of benzene rings is 1. The molecular weight excluding hydrogens is 238 g/mol. The molecule has 0 atom stereocenters. The number of nitrogens with zero attached hydrogens (tertiary/aromatic N) is 2. The Morgan fingerprint density at radius 2 is 2.16 bits per heavy atom. The highest BCUT2D eigenvalue weighted by Crippen LogP contribution is 2.25. The van der Waals surface area contributed by atoms with Crippen LogP contribution in [-0.2, 0) is 13.1 Å².